The fourth-order valence-electron chi connectivity index (χ4n) is 3.02. The van der Waals surface area contributed by atoms with Crippen molar-refractivity contribution in [2.75, 3.05) is 24.7 Å². The highest BCUT2D eigenvalue weighted by atomic mass is 79.9. The topological polar surface area (TPSA) is 67.9 Å². The number of hydrogen-bond donors (Lipinski definition) is 1. The van der Waals surface area contributed by atoms with Gasteiger partial charge in [0.2, 0.25) is 0 Å². The lowest BCUT2D eigenvalue weighted by Crippen LogP contribution is -2.08. The van der Waals surface area contributed by atoms with E-state index in [0.717, 1.165) is 37.9 Å². The minimum atomic E-state index is 0.430. The molecule has 0 atom stereocenters. The summed E-state index contributed by atoms with van der Waals surface area (Å²) in [6, 6.07) is 18.5. The first-order valence-corrected chi connectivity index (χ1v) is 9.27. The minimum Gasteiger partial charge on any atom is -0.383 e. The summed E-state index contributed by atoms with van der Waals surface area (Å²) in [6.45, 7) is 0. The van der Waals surface area contributed by atoms with Crippen LogP contribution in [0.15, 0.2) is 65.4 Å². The van der Waals surface area contributed by atoms with Gasteiger partial charge < -0.3 is 10.6 Å². The summed E-state index contributed by atoms with van der Waals surface area (Å²) in [5, 5.41) is 0.772. The smallest absolute Gasteiger partial charge is 0.165 e. The van der Waals surface area contributed by atoms with Crippen LogP contribution in [0.25, 0.3) is 33.4 Å². The highest BCUT2D eigenvalue weighted by Crippen LogP contribution is 2.34. The zero-order valence-electron chi connectivity index (χ0n) is 15.0. The van der Waals surface area contributed by atoms with Crippen LogP contribution in [0.1, 0.15) is 0 Å². The van der Waals surface area contributed by atoms with Crippen LogP contribution in [0.5, 0.6) is 0 Å². The molecule has 2 heterocycles. The molecule has 0 saturated heterocycles. The van der Waals surface area contributed by atoms with Gasteiger partial charge in [-0.25, -0.2) is 15.0 Å². The average Bonchev–Trinajstić information content (AvgIpc) is 2.68. The van der Waals surface area contributed by atoms with Crippen LogP contribution >= 0.6 is 15.9 Å². The highest BCUT2D eigenvalue weighted by molar-refractivity contribution is 9.10. The van der Waals surface area contributed by atoms with E-state index in [1.54, 1.807) is 0 Å². The summed E-state index contributed by atoms with van der Waals surface area (Å²) >= 11 is 3.49. The first-order valence-electron chi connectivity index (χ1n) is 8.48. The molecule has 0 aliphatic carbocycles. The van der Waals surface area contributed by atoms with Gasteiger partial charge in [0.15, 0.2) is 5.65 Å². The zero-order valence-corrected chi connectivity index (χ0v) is 16.6. The Bertz CT molecular complexity index is 1110. The number of nitrogens with two attached hydrogens (primary N) is 1. The zero-order chi connectivity index (χ0) is 19.0. The molecule has 0 fully saturated rings. The van der Waals surface area contributed by atoms with Crippen molar-refractivity contribution in [3.8, 4) is 22.4 Å². The van der Waals surface area contributed by atoms with Gasteiger partial charge in [-0.15, -0.1) is 0 Å². The number of anilines is 2. The van der Waals surface area contributed by atoms with Crippen molar-refractivity contribution in [3.63, 3.8) is 0 Å². The van der Waals surface area contributed by atoms with E-state index < -0.39 is 0 Å². The maximum atomic E-state index is 6.16. The number of fused-ring (bicyclic) bond motifs is 1. The molecule has 0 unspecified atom stereocenters. The number of rotatable bonds is 3. The maximum absolute atomic E-state index is 6.16. The number of halogens is 1. The molecular weight excluding hydrogens is 402 g/mol. The van der Waals surface area contributed by atoms with Crippen LogP contribution < -0.4 is 10.6 Å². The van der Waals surface area contributed by atoms with Crippen LogP contribution in [-0.2, 0) is 0 Å². The van der Waals surface area contributed by atoms with Crippen molar-refractivity contribution >= 4 is 38.5 Å². The first-order chi connectivity index (χ1) is 13.0. The van der Waals surface area contributed by atoms with Crippen LogP contribution in [-0.4, -0.2) is 29.0 Å². The molecule has 2 aromatic heterocycles. The summed E-state index contributed by atoms with van der Waals surface area (Å²) in [6.07, 6.45) is 1.45. The Morgan fingerprint density at radius 1 is 0.889 bits per heavy atom. The highest BCUT2D eigenvalue weighted by Gasteiger charge is 2.13. The van der Waals surface area contributed by atoms with Gasteiger partial charge in [-0.2, -0.15) is 0 Å². The van der Waals surface area contributed by atoms with Crippen LogP contribution in [0.4, 0.5) is 11.5 Å². The van der Waals surface area contributed by atoms with Crippen LogP contribution in [0.3, 0.4) is 0 Å². The van der Waals surface area contributed by atoms with Gasteiger partial charge in [-0.1, -0.05) is 40.2 Å². The number of aromatic nitrogens is 3. The predicted octanol–water partition coefficient (Wildman–Crippen LogP) is 4.77. The second-order valence-electron chi connectivity index (χ2n) is 6.46. The van der Waals surface area contributed by atoms with Gasteiger partial charge in [-0.3, -0.25) is 0 Å². The lowest BCUT2D eigenvalue weighted by atomic mass is 10.00. The number of pyridine rings is 1. The Morgan fingerprint density at radius 3 is 2.22 bits per heavy atom. The fraction of sp³-hybridized carbons (Fsp3) is 0.0952. The molecule has 4 aromatic rings. The molecule has 2 aromatic carbocycles. The standard InChI is InChI=1S/C21H18BrN5/c1-27(2)16-9-5-14(6-10-16)18-11-17(13-3-7-15(22)8-4-13)19-20(23)24-12-25-21(19)26-18/h3-12H,1-2H3,(H2,23,24,25,26). The van der Waals surface area contributed by atoms with Crippen molar-refractivity contribution in [2.45, 2.75) is 0 Å². The Morgan fingerprint density at radius 2 is 1.56 bits per heavy atom. The van der Waals surface area contributed by atoms with E-state index in [-0.39, 0.29) is 0 Å². The molecule has 0 spiro atoms. The third-order valence-electron chi connectivity index (χ3n) is 4.47. The molecule has 134 valence electrons. The SMILES string of the molecule is CN(C)c1ccc(-c2cc(-c3ccc(Br)cc3)c3c(N)ncnc3n2)cc1. The van der Waals surface area contributed by atoms with E-state index in [4.69, 9.17) is 10.7 Å². The number of nitrogen functional groups attached to an aromatic ring is 1. The summed E-state index contributed by atoms with van der Waals surface area (Å²) in [5.74, 6) is 0.430. The van der Waals surface area contributed by atoms with E-state index in [1.807, 2.05) is 38.4 Å². The third-order valence-corrected chi connectivity index (χ3v) is 5.00. The van der Waals surface area contributed by atoms with E-state index in [0.29, 0.717) is 11.5 Å². The molecular formula is C21H18BrN5. The van der Waals surface area contributed by atoms with Crippen LogP contribution in [0.2, 0.25) is 0 Å². The van der Waals surface area contributed by atoms with Gasteiger partial charge in [0.05, 0.1) is 11.1 Å². The molecule has 0 saturated carbocycles. The first kappa shape index (κ1) is 17.4. The van der Waals surface area contributed by atoms with Crippen molar-refractivity contribution in [1.82, 2.24) is 15.0 Å². The summed E-state index contributed by atoms with van der Waals surface area (Å²) < 4.78 is 1.02. The summed E-state index contributed by atoms with van der Waals surface area (Å²) in [4.78, 5) is 15.3. The molecule has 4 rings (SSSR count). The molecule has 0 aliphatic rings. The van der Waals surface area contributed by atoms with Gasteiger partial charge in [0.25, 0.3) is 0 Å². The van der Waals surface area contributed by atoms with Gasteiger partial charge >= 0.3 is 0 Å². The maximum Gasteiger partial charge on any atom is 0.165 e. The summed E-state index contributed by atoms with van der Waals surface area (Å²) in [7, 11) is 4.04. The molecule has 5 nitrogen and oxygen atoms in total. The molecule has 0 radical (unpaired) electrons. The van der Waals surface area contributed by atoms with Crippen molar-refractivity contribution in [1.29, 1.82) is 0 Å². The largest absolute Gasteiger partial charge is 0.383 e. The van der Waals surface area contributed by atoms with Crippen molar-refractivity contribution < 1.29 is 0 Å². The Hall–Kier alpha value is -2.99. The van der Waals surface area contributed by atoms with Crippen molar-refractivity contribution in [3.05, 3.63) is 65.4 Å². The molecule has 27 heavy (non-hydrogen) atoms. The molecule has 2 N–H and O–H groups in total. The molecule has 0 aliphatic heterocycles. The van der Waals surface area contributed by atoms with Crippen LogP contribution in [0, 0.1) is 0 Å². The van der Waals surface area contributed by atoms with Crippen molar-refractivity contribution in [2.24, 2.45) is 0 Å². The Kier molecular flexibility index (Phi) is 4.49. The Balaban J connectivity index is 1.94. The summed E-state index contributed by atoms with van der Waals surface area (Å²) in [5.41, 5.74) is 11.8. The number of benzene rings is 2. The normalized spacial score (nSPS) is 10.9. The average molecular weight is 420 g/mol. The second kappa shape index (κ2) is 6.96. The number of hydrogen-bond acceptors (Lipinski definition) is 5. The van der Waals surface area contributed by atoms with E-state index >= 15 is 0 Å². The minimum absolute atomic E-state index is 0.430. The van der Waals surface area contributed by atoms with E-state index in [1.165, 1.54) is 6.33 Å². The van der Waals surface area contributed by atoms with E-state index in [2.05, 4.69) is 61.1 Å². The van der Waals surface area contributed by atoms with Gasteiger partial charge in [0.1, 0.15) is 12.1 Å². The molecule has 0 amide bonds. The van der Waals surface area contributed by atoms with Gasteiger partial charge in [-0.05, 0) is 41.5 Å². The number of nitrogens with zero attached hydrogens (tertiary/aromatic N) is 4. The van der Waals surface area contributed by atoms with Gasteiger partial charge in [0, 0.05) is 29.8 Å². The fourth-order valence-corrected chi connectivity index (χ4v) is 3.29. The lowest BCUT2D eigenvalue weighted by molar-refractivity contribution is 1.13. The van der Waals surface area contributed by atoms with E-state index in [9.17, 15) is 0 Å². The second-order valence-corrected chi connectivity index (χ2v) is 7.38. The molecule has 0 bridgehead atoms. The molecule has 6 heteroatoms. The predicted molar refractivity (Wildman–Crippen MR) is 115 cm³/mol. The monoisotopic (exact) mass is 419 g/mol. The Labute approximate surface area is 166 Å². The quantitative estimate of drug-likeness (QED) is 0.517. The lowest BCUT2D eigenvalue weighted by Gasteiger charge is -2.14. The third kappa shape index (κ3) is 3.36.